The van der Waals surface area contributed by atoms with E-state index in [9.17, 15) is 19.8 Å². The van der Waals surface area contributed by atoms with Gasteiger partial charge in [-0.2, -0.15) is 0 Å². The van der Waals surface area contributed by atoms with Crippen LogP contribution in [-0.4, -0.2) is 111 Å². The molecule has 1 saturated heterocycles. The van der Waals surface area contributed by atoms with Gasteiger partial charge in [-0.25, -0.2) is 15.0 Å². The normalized spacial score (nSPS) is 21.4. The summed E-state index contributed by atoms with van der Waals surface area (Å²) >= 11 is 0. The minimum absolute atomic E-state index is 0.136. The SMILES string of the molecule is COCCN(CCOC)C(=O)[C@H](CCc1ccccc1)NC(=O)[C@H]1O[C@@H](n2cnc3c(N)ncnc32)[C@H](O)[C@@H]1O. The molecule has 5 N–H and O–H groups in total. The van der Waals surface area contributed by atoms with Crippen molar-refractivity contribution in [2.24, 2.45) is 0 Å². The number of rotatable bonds is 13. The zero-order chi connectivity index (χ0) is 28.6. The molecule has 0 radical (unpaired) electrons. The van der Waals surface area contributed by atoms with Gasteiger partial charge < -0.3 is 40.4 Å². The summed E-state index contributed by atoms with van der Waals surface area (Å²) in [5.41, 5.74) is 7.41. The zero-order valence-electron chi connectivity index (χ0n) is 22.4. The van der Waals surface area contributed by atoms with Gasteiger partial charge in [0.05, 0.1) is 19.5 Å². The first-order chi connectivity index (χ1) is 19.3. The fraction of sp³-hybridized carbons (Fsp3) is 0.500. The molecule has 1 aliphatic rings. The van der Waals surface area contributed by atoms with Crippen LogP contribution in [0.1, 0.15) is 18.2 Å². The molecule has 1 aromatic carbocycles. The minimum Gasteiger partial charge on any atom is -0.387 e. The number of benzene rings is 1. The number of aliphatic hydroxyl groups is 2. The predicted molar refractivity (Wildman–Crippen MR) is 143 cm³/mol. The molecular weight excluding hydrogens is 522 g/mol. The average Bonchev–Trinajstić information content (AvgIpc) is 3.52. The van der Waals surface area contributed by atoms with Crippen LogP contribution in [-0.2, 0) is 30.2 Å². The fourth-order valence-electron chi connectivity index (χ4n) is 4.58. The van der Waals surface area contributed by atoms with E-state index in [1.807, 2.05) is 30.3 Å². The lowest BCUT2D eigenvalue weighted by Gasteiger charge is -2.28. The molecular formula is C26H35N7O7. The number of carbonyl (C=O) groups is 2. The van der Waals surface area contributed by atoms with Crippen LogP contribution < -0.4 is 11.1 Å². The van der Waals surface area contributed by atoms with E-state index < -0.39 is 36.5 Å². The number of hydrogen-bond acceptors (Lipinski definition) is 11. The molecule has 4 rings (SSSR count). The smallest absolute Gasteiger partial charge is 0.252 e. The highest BCUT2D eigenvalue weighted by atomic mass is 16.6. The molecule has 1 aliphatic heterocycles. The fourth-order valence-corrected chi connectivity index (χ4v) is 4.58. The molecule has 2 amide bonds. The van der Waals surface area contributed by atoms with E-state index in [0.717, 1.165) is 5.56 Å². The maximum atomic E-state index is 13.6. The van der Waals surface area contributed by atoms with Crippen molar-refractivity contribution >= 4 is 28.8 Å². The molecule has 1 fully saturated rings. The lowest BCUT2D eigenvalue weighted by Crippen LogP contribution is -2.54. The molecule has 216 valence electrons. The molecule has 0 bridgehead atoms. The van der Waals surface area contributed by atoms with Crippen molar-refractivity contribution in [3.8, 4) is 0 Å². The number of imidazole rings is 1. The van der Waals surface area contributed by atoms with Gasteiger partial charge in [0, 0.05) is 27.3 Å². The van der Waals surface area contributed by atoms with Crippen molar-refractivity contribution in [1.82, 2.24) is 29.7 Å². The van der Waals surface area contributed by atoms with Gasteiger partial charge in [-0.15, -0.1) is 0 Å². The Morgan fingerprint density at radius 1 is 1.10 bits per heavy atom. The van der Waals surface area contributed by atoms with Gasteiger partial charge >= 0.3 is 0 Å². The Balaban J connectivity index is 1.52. The molecule has 0 saturated carbocycles. The van der Waals surface area contributed by atoms with Gasteiger partial charge in [-0.1, -0.05) is 30.3 Å². The molecule has 40 heavy (non-hydrogen) atoms. The first kappa shape index (κ1) is 29.3. The Morgan fingerprint density at radius 2 is 1.80 bits per heavy atom. The number of fused-ring (bicyclic) bond motifs is 1. The minimum atomic E-state index is -1.58. The average molecular weight is 558 g/mol. The van der Waals surface area contributed by atoms with Crippen LogP contribution >= 0.6 is 0 Å². The number of hydrogen-bond donors (Lipinski definition) is 4. The number of ether oxygens (including phenoxy) is 3. The van der Waals surface area contributed by atoms with Crippen molar-refractivity contribution in [3.63, 3.8) is 0 Å². The van der Waals surface area contributed by atoms with Crippen LogP contribution in [0.3, 0.4) is 0 Å². The summed E-state index contributed by atoms with van der Waals surface area (Å²) in [6.45, 7) is 1.22. The number of aromatic nitrogens is 4. The molecule has 3 heterocycles. The van der Waals surface area contributed by atoms with Crippen molar-refractivity contribution in [2.75, 3.05) is 46.3 Å². The third kappa shape index (κ3) is 6.54. The largest absolute Gasteiger partial charge is 0.387 e. The second kappa shape index (κ2) is 13.6. The Labute approximate surface area is 231 Å². The van der Waals surface area contributed by atoms with E-state index in [2.05, 4.69) is 20.3 Å². The summed E-state index contributed by atoms with van der Waals surface area (Å²) in [6, 6.07) is 8.64. The van der Waals surface area contributed by atoms with Crippen LogP contribution in [0, 0.1) is 0 Å². The molecule has 14 heteroatoms. The van der Waals surface area contributed by atoms with Gasteiger partial charge in [0.25, 0.3) is 5.91 Å². The van der Waals surface area contributed by atoms with Crippen LogP contribution in [0.4, 0.5) is 5.82 Å². The van der Waals surface area contributed by atoms with Crippen molar-refractivity contribution in [1.29, 1.82) is 0 Å². The van der Waals surface area contributed by atoms with Crippen LogP contribution in [0.15, 0.2) is 43.0 Å². The summed E-state index contributed by atoms with van der Waals surface area (Å²) in [5.74, 6) is -0.925. The topological polar surface area (TPSA) is 187 Å². The number of nitrogen functional groups attached to an aromatic ring is 1. The maximum absolute atomic E-state index is 13.6. The number of amides is 2. The second-order valence-corrected chi connectivity index (χ2v) is 9.41. The first-order valence-electron chi connectivity index (χ1n) is 12.9. The van der Waals surface area contributed by atoms with Gasteiger partial charge in [0.1, 0.15) is 30.1 Å². The van der Waals surface area contributed by atoms with Crippen LogP contribution in [0.5, 0.6) is 0 Å². The zero-order valence-corrected chi connectivity index (χ0v) is 22.4. The molecule has 5 atom stereocenters. The highest BCUT2D eigenvalue weighted by Crippen LogP contribution is 2.32. The predicted octanol–water partition coefficient (Wildman–Crippen LogP) is -0.733. The lowest BCUT2D eigenvalue weighted by atomic mass is 10.0. The maximum Gasteiger partial charge on any atom is 0.252 e. The number of aliphatic hydroxyl groups excluding tert-OH is 2. The number of methoxy groups -OCH3 is 2. The van der Waals surface area contributed by atoms with E-state index in [0.29, 0.717) is 44.7 Å². The van der Waals surface area contributed by atoms with Crippen molar-refractivity contribution in [3.05, 3.63) is 48.5 Å². The molecule has 2 aromatic heterocycles. The number of carbonyl (C=O) groups excluding carboxylic acids is 2. The highest BCUT2D eigenvalue weighted by molar-refractivity contribution is 5.90. The number of aryl methyl sites for hydroxylation is 1. The summed E-state index contributed by atoms with van der Waals surface area (Å²) in [7, 11) is 3.08. The summed E-state index contributed by atoms with van der Waals surface area (Å²) in [4.78, 5) is 40.8. The summed E-state index contributed by atoms with van der Waals surface area (Å²) < 4.78 is 17.5. The Bertz CT molecular complexity index is 1270. The Kier molecular flexibility index (Phi) is 9.95. The van der Waals surface area contributed by atoms with E-state index >= 15 is 0 Å². The summed E-state index contributed by atoms with van der Waals surface area (Å²) in [5, 5.41) is 24.3. The number of nitrogens with one attached hydrogen (secondary N) is 1. The highest BCUT2D eigenvalue weighted by Gasteiger charge is 2.48. The van der Waals surface area contributed by atoms with Crippen LogP contribution in [0.2, 0.25) is 0 Å². The van der Waals surface area contributed by atoms with Gasteiger partial charge in [0.15, 0.2) is 23.8 Å². The van der Waals surface area contributed by atoms with Crippen LogP contribution in [0.25, 0.3) is 11.2 Å². The van der Waals surface area contributed by atoms with E-state index in [-0.39, 0.29) is 17.4 Å². The molecule has 0 spiro atoms. The lowest BCUT2D eigenvalue weighted by molar-refractivity contribution is -0.144. The first-order valence-corrected chi connectivity index (χ1v) is 12.9. The quantitative estimate of drug-likeness (QED) is 0.207. The third-order valence-electron chi connectivity index (χ3n) is 6.78. The van der Waals surface area contributed by atoms with Gasteiger partial charge in [-0.3, -0.25) is 14.2 Å². The van der Waals surface area contributed by atoms with E-state index in [1.165, 1.54) is 31.4 Å². The standard InChI is InChI=1S/C26H35N7O7/c1-38-12-10-32(11-13-39-2)25(37)17(9-8-16-6-4-3-5-7-16)31-24(36)21-19(34)20(35)26(40-21)33-15-30-18-22(27)28-14-29-23(18)33/h3-7,14-15,17,19-21,26,34-35H,8-13H2,1-2H3,(H,31,36)(H2,27,28,29)/t17-,19-,20+,21-,26+/m0/s1. The Hall–Kier alpha value is -3.69. The van der Waals surface area contributed by atoms with Gasteiger partial charge in [-0.05, 0) is 18.4 Å². The van der Waals surface area contributed by atoms with E-state index in [4.69, 9.17) is 19.9 Å². The number of nitrogens with two attached hydrogens (primary N) is 1. The number of anilines is 1. The van der Waals surface area contributed by atoms with E-state index in [1.54, 1.807) is 4.90 Å². The second-order valence-electron chi connectivity index (χ2n) is 9.41. The van der Waals surface area contributed by atoms with Crippen molar-refractivity contribution in [2.45, 2.75) is 43.4 Å². The van der Waals surface area contributed by atoms with Crippen molar-refractivity contribution < 1.29 is 34.0 Å². The Morgan fingerprint density at radius 3 is 2.48 bits per heavy atom. The molecule has 3 aromatic rings. The summed E-state index contributed by atoms with van der Waals surface area (Å²) in [6.07, 6.45) is -2.32. The third-order valence-corrected chi connectivity index (χ3v) is 6.78. The van der Waals surface area contributed by atoms with Gasteiger partial charge in [0.2, 0.25) is 5.91 Å². The molecule has 14 nitrogen and oxygen atoms in total. The monoisotopic (exact) mass is 557 g/mol. The molecule has 0 unspecified atom stereocenters. The molecule has 0 aliphatic carbocycles. The number of nitrogens with zero attached hydrogens (tertiary/aromatic N) is 5.